The zero-order chi connectivity index (χ0) is 13.2. The molecule has 0 saturated carbocycles. The maximum absolute atomic E-state index is 11.0. The van der Waals surface area contributed by atoms with E-state index in [0.717, 1.165) is 0 Å². The Bertz CT molecular complexity index is 449. The second-order valence-corrected chi connectivity index (χ2v) is 5.21. The van der Waals surface area contributed by atoms with Crippen LogP contribution in [-0.4, -0.2) is 15.9 Å². The number of rotatable bonds is 2. The molecule has 4 heteroatoms. The van der Waals surface area contributed by atoms with Crippen molar-refractivity contribution >= 4 is 11.5 Å². The third-order valence-corrected chi connectivity index (χ3v) is 2.32. The van der Waals surface area contributed by atoms with E-state index < -0.39 is 5.97 Å². The van der Waals surface area contributed by atoms with Crippen molar-refractivity contribution in [1.29, 1.82) is 0 Å². The van der Waals surface area contributed by atoms with Crippen LogP contribution in [0.4, 0.5) is 0 Å². The number of carboxylic acids is 1. The van der Waals surface area contributed by atoms with E-state index in [1.807, 2.05) is 20.8 Å². The van der Waals surface area contributed by atoms with E-state index in [1.54, 1.807) is 13.8 Å². The Balaban J connectivity index is 3.19. The lowest BCUT2D eigenvalue weighted by atomic mass is 9.95. The van der Waals surface area contributed by atoms with Crippen LogP contribution >= 0.6 is 0 Å². The van der Waals surface area contributed by atoms with Crippen LogP contribution < -0.4 is 5.11 Å². The van der Waals surface area contributed by atoms with Crippen LogP contribution in [0, 0.1) is 0 Å². The van der Waals surface area contributed by atoms with Gasteiger partial charge in [-0.25, -0.2) is 9.97 Å². The molecule has 1 heterocycles. The minimum atomic E-state index is -1.20. The lowest BCUT2D eigenvalue weighted by Gasteiger charge is -2.17. The molecule has 92 valence electrons. The van der Waals surface area contributed by atoms with E-state index in [2.05, 4.69) is 9.97 Å². The maximum atomic E-state index is 11.0. The Labute approximate surface area is 101 Å². The number of carbonyl (C=O) groups excluding carboxylic acids is 1. The molecule has 0 spiro atoms. The fourth-order valence-electron chi connectivity index (χ4n) is 1.46. The van der Waals surface area contributed by atoms with E-state index in [0.29, 0.717) is 17.0 Å². The normalized spacial score (nSPS) is 11.1. The number of carbonyl (C=O) groups is 1. The van der Waals surface area contributed by atoms with Crippen molar-refractivity contribution in [3.63, 3.8) is 0 Å². The lowest BCUT2D eigenvalue weighted by Crippen LogP contribution is -2.25. The Morgan fingerprint density at radius 1 is 1.18 bits per heavy atom. The summed E-state index contributed by atoms with van der Waals surface area (Å²) >= 11 is 0. The first kappa shape index (κ1) is 13.4. The zero-order valence-corrected chi connectivity index (χ0v) is 10.9. The van der Waals surface area contributed by atoms with Gasteiger partial charge in [0.15, 0.2) is 0 Å². The van der Waals surface area contributed by atoms with Gasteiger partial charge < -0.3 is 9.90 Å². The van der Waals surface area contributed by atoms with Crippen molar-refractivity contribution in [1.82, 2.24) is 9.97 Å². The summed E-state index contributed by atoms with van der Waals surface area (Å²) in [6, 6.07) is 0. The van der Waals surface area contributed by atoms with Gasteiger partial charge in [0, 0.05) is 28.9 Å². The van der Waals surface area contributed by atoms with Crippen molar-refractivity contribution in [3.05, 3.63) is 29.4 Å². The largest absolute Gasteiger partial charge is 0.545 e. The molecule has 0 amide bonds. The molecule has 0 unspecified atom stereocenters. The predicted octanol–water partition coefficient (Wildman–Crippen LogP) is 1.32. The molecule has 0 atom stereocenters. The minimum Gasteiger partial charge on any atom is -0.545 e. The molecule has 1 rings (SSSR count). The predicted molar refractivity (Wildman–Crippen MR) is 64.0 cm³/mol. The third kappa shape index (κ3) is 3.12. The van der Waals surface area contributed by atoms with Crippen LogP contribution in [-0.2, 0) is 10.2 Å². The highest BCUT2D eigenvalue weighted by atomic mass is 16.4. The highest BCUT2D eigenvalue weighted by Crippen LogP contribution is 2.20. The fraction of sp³-hybridized carbons (Fsp3) is 0.462. The van der Waals surface area contributed by atoms with Gasteiger partial charge in [0.1, 0.15) is 5.82 Å². The molecule has 1 aromatic heterocycles. The van der Waals surface area contributed by atoms with Gasteiger partial charge in [-0.2, -0.15) is 0 Å². The Morgan fingerprint density at radius 3 is 1.94 bits per heavy atom. The fourth-order valence-corrected chi connectivity index (χ4v) is 1.46. The highest BCUT2D eigenvalue weighted by molar-refractivity contribution is 6.14. The summed E-state index contributed by atoms with van der Waals surface area (Å²) in [7, 11) is 0. The lowest BCUT2D eigenvalue weighted by molar-refractivity contribution is -0.295. The number of aromatic nitrogens is 2. The number of hydrogen-bond acceptors (Lipinski definition) is 4. The van der Waals surface area contributed by atoms with Crippen molar-refractivity contribution in [2.24, 2.45) is 0 Å². The van der Waals surface area contributed by atoms with E-state index in [9.17, 15) is 9.90 Å². The molecule has 0 fully saturated rings. The SMILES string of the molecule is CC(C)=C(C(=O)[O-])c1cnc(C(C)(C)C)nc1. The first-order chi connectivity index (χ1) is 7.73. The molecule has 1 aromatic rings. The van der Waals surface area contributed by atoms with E-state index in [1.165, 1.54) is 12.4 Å². The molecule has 0 aliphatic carbocycles. The van der Waals surface area contributed by atoms with Gasteiger partial charge in [-0.3, -0.25) is 0 Å². The molecule has 0 aromatic carbocycles. The van der Waals surface area contributed by atoms with Crippen molar-refractivity contribution in [3.8, 4) is 0 Å². The summed E-state index contributed by atoms with van der Waals surface area (Å²) in [5.74, 6) is -0.509. The number of nitrogens with zero attached hydrogens (tertiary/aromatic N) is 2. The van der Waals surface area contributed by atoms with Gasteiger partial charge in [0.05, 0.1) is 5.97 Å². The van der Waals surface area contributed by atoms with Gasteiger partial charge in [-0.15, -0.1) is 0 Å². The average molecular weight is 233 g/mol. The second-order valence-electron chi connectivity index (χ2n) is 5.21. The summed E-state index contributed by atoms with van der Waals surface area (Å²) in [6.45, 7) is 9.46. The first-order valence-corrected chi connectivity index (χ1v) is 5.45. The number of hydrogen-bond donors (Lipinski definition) is 0. The van der Waals surface area contributed by atoms with Crippen LogP contribution in [0.5, 0.6) is 0 Å². The number of allylic oxidation sites excluding steroid dienone is 1. The standard InChI is InChI=1S/C13H18N2O2/c1-8(2)10(11(16)17)9-6-14-12(15-7-9)13(3,4)5/h6-7H,1-5H3,(H,16,17)/p-1. The topological polar surface area (TPSA) is 65.9 Å². The molecule has 0 radical (unpaired) electrons. The summed E-state index contributed by atoms with van der Waals surface area (Å²) < 4.78 is 0. The molecular formula is C13H17N2O2-. The summed E-state index contributed by atoms with van der Waals surface area (Å²) in [5, 5.41) is 11.0. The number of aliphatic carboxylic acids is 1. The van der Waals surface area contributed by atoms with Gasteiger partial charge in [0.25, 0.3) is 0 Å². The van der Waals surface area contributed by atoms with E-state index in [-0.39, 0.29) is 11.0 Å². The molecular weight excluding hydrogens is 216 g/mol. The van der Waals surface area contributed by atoms with Gasteiger partial charge in [0.2, 0.25) is 0 Å². The van der Waals surface area contributed by atoms with Crippen LogP contribution in [0.15, 0.2) is 18.0 Å². The van der Waals surface area contributed by atoms with Crippen molar-refractivity contribution in [2.45, 2.75) is 40.0 Å². The smallest absolute Gasteiger partial charge is 0.133 e. The quantitative estimate of drug-likeness (QED) is 0.722. The Morgan fingerprint density at radius 2 is 1.65 bits per heavy atom. The van der Waals surface area contributed by atoms with Gasteiger partial charge in [-0.05, 0) is 13.8 Å². The van der Waals surface area contributed by atoms with Gasteiger partial charge >= 0.3 is 0 Å². The highest BCUT2D eigenvalue weighted by Gasteiger charge is 2.17. The van der Waals surface area contributed by atoms with Crippen molar-refractivity contribution < 1.29 is 9.90 Å². The molecule has 0 aliphatic rings. The Hall–Kier alpha value is -1.71. The molecule has 0 bridgehead atoms. The van der Waals surface area contributed by atoms with E-state index in [4.69, 9.17) is 0 Å². The first-order valence-electron chi connectivity index (χ1n) is 5.45. The molecule has 0 saturated heterocycles. The number of carboxylic acid groups (broad SMARTS) is 1. The monoisotopic (exact) mass is 233 g/mol. The zero-order valence-electron chi connectivity index (χ0n) is 10.9. The molecule has 0 aliphatic heterocycles. The Kier molecular flexibility index (Phi) is 3.66. The maximum Gasteiger partial charge on any atom is 0.133 e. The minimum absolute atomic E-state index is 0.148. The molecule has 0 N–H and O–H groups in total. The van der Waals surface area contributed by atoms with Crippen LogP contribution in [0.1, 0.15) is 46.0 Å². The van der Waals surface area contributed by atoms with Crippen LogP contribution in [0.2, 0.25) is 0 Å². The average Bonchev–Trinajstić information content (AvgIpc) is 2.15. The van der Waals surface area contributed by atoms with Crippen LogP contribution in [0.25, 0.3) is 5.57 Å². The summed E-state index contributed by atoms with van der Waals surface area (Å²) in [4.78, 5) is 19.4. The van der Waals surface area contributed by atoms with E-state index >= 15 is 0 Å². The third-order valence-electron chi connectivity index (χ3n) is 2.32. The molecule has 4 nitrogen and oxygen atoms in total. The summed E-state index contributed by atoms with van der Waals surface area (Å²) in [6.07, 6.45) is 3.07. The second kappa shape index (κ2) is 4.65. The molecule has 17 heavy (non-hydrogen) atoms. The van der Waals surface area contributed by atoms with Crippen LogP contribution in [0.3, 0.4) is 0 Å². The van der Waals surface area contributed by atoms with Gasteiger partial charge in [-0.1, -0.05) is 26.3 Å². The summed E-state index contributed by atoms with van der Waals surface area (Å²) in [5.41, 5.74) is 1.17. The van der Waals surface area contributed by atoms with Crippen molar-refractivity contribution in [2.75, 3.05) is 0 Å².